The quantitative estimate of drug-likeness (QED) is 0.248. The topological polar surface area (TPSA) is 79.3 Å². The maximum atomic E-state index is 13.1. The highest BCUT2D eigenvalue weighted by molar-refractivity contribution is 6.46. The summed E-state index contributed by atoms with van der Waals surface area (Å²) >= 11 is 0. The molecule has 0 unspecified atom stereocenters. The molecule has 0 bridgehead atoms. The van der Waals surface area contributed by atoms with Crippen LogP contribution < -0.4 is 9.47 Å². The number of carbonyl (C=O) groups excluding carboxylic acids is 2. The van der Waals surface area contributed by atoms with E-state index in [1.807, 2.05) is 57.1 Å². The van der Waals surface area contributed by atoms with Gasteiger partial charge in [-0.1, -0.05) is 24.8 Å². The largest absolute Gasteiger partial charge is 0.507 e. The number of benzene rings is 2. The lowest BCUT2D eigenvalue weighted by molar-refractivity contribution is -0.140. The van der Waals surface area contributed by atoms with E-state index >= 15 is 0 Å². The number of aliphatic hydroxyl groups is 1. The Morgan fingerprint density at radius 1 is 1.09 bits per heavy atom. The van der Waals surface area contributed by atoms with Gasteiger partial charge in [0.25, 0.3) is 11.7 Å². The molecular formula is C27H32N2O5. The molecule has 1 heterocycles. The predicted molar refractivity (Wildman–Crippen MR) is 132 cm³/mol. The van der Waals surface area contributed by atoms with Gasteiger partial charge in [-0.05, 0) is 69.9 Å². The molecule has 7 nitrogen and oxygen atoms in total. The molecular weight excluding hydrogens is 432 g/mol. The molecule has 2 aromatic rings. The summed E-state index contributed by atoms with van der Waals surface area (Å²) in [6.45, 7) is 8.79. The fourth-order valence-electron chi connectivity index (χ4n) is 3.79. The summed E-state index contributed by atoms with van der Waals surface area (Å²) in [5, 5.41) is 11.2. The van der Waals surface area contributed by atoms with Gasteiger partial charge in [0.15, 0.2) is 0 Å². The molecule has 2 aromatic carbocycles. The van der Waals surface area contributed by atoms with Crippen LogP contribution in [0.5, 0.6) is 11.5 Å². The first-order valence-electron chi connectivity index (χ1n) is 11.3. The second kappa shape index (κ2) is 11.0. The second-order valence-corrected chi connectivity index (χ2v) is 8.66. The molecule has 180 valence electrons. The minimum atomic E-state index is -0.704. The number of Topliss-reactive ketones (excluding diaryl/α,β-unsaturated/α-hetero) is 1. The highest BCUT2D eigenvalue weighted by atomic mass is 16.5. The summed E-state index contributed by atoms with van der Waals surface area (Å²) in [4.78, 5) is 29.6. The summed E-state index contributed by atoms with van der Waals surface area (Å²) < 4.78 is 11.2. The maximum absolute atomic E-state index is 13.1. The van der Waals surface area contributed by atoms with Crippen molar-refractivity contribution in [3.63, 3.8) is 0 Å². The minimum absolute atomic E-state index is 0.0232. The van der Waals surface area contributed by atoms with E-state index < -0.39 is 17.7 Å². The normalized spacial score (nSPS) is 17.5. The van der Waals surface area contributed by atoms with Gasteiger partial charge in [0.1, 0.15) is 23.9 Å². The van der Waals surface area contributed by atoms with Crippen molar-refractivity contribution in [3.05, 3.63) is 77.9 Å². The van der Waals surface area contributed by atoms with Crippen molar-refractivity contribution in [2.24, 2.45) is 0 Å². The fraction of sp³-hybridized carbons (Fsp3) is 0.333. The molecule has 1 amide bonds. The summed E-state index contributed by atoms with van der Waals surface area (Å²) in [6.07, 6.45) is 1.66. The van der Waals surface area contributed by atoms with Crippen LogP contribution >= 0.6 is 0 Å². The third-order valence-corrected chi connectivity index (χ3v) is 5.39. The Morgan fingerprint density at radius 3 is 2.26 bits per heavy atom. The molecule has 1 atom stereocenters. The molecule has 0 radical (unpaired) electrons. The van der Waals surface area contributed by atoms with Crippen molar-refractivity contribution in [2.75, 3.05) is 33.8 Å². The Bertz CT molecular complexity index is 1060. The number of aliphatic hydroxyl groups excluding tert-OH is 1. The van der Waals surface area contributed by atoms with Crippen molar-refractivity contribution in [1.29, 1.82) is 0 Å². The number of carbonyl (C=O) groups is 2. The molecule has 0 spiro atoms. The van der Waals surface area contributed by atoms with Gasteiger partial charge in [0, 0.05) is 18.7 Å². The van der Waals surface area contributed by atoms with Crippen molar-refractivity contribution in [2.45, 2.75) is 26.0 Å². The first-order valence-corrected chi connectivity index (χ1v) is 11.3. The fourth-order valence-corrected chi connectivity index (χ4v) is 3.79. The zero-order valence-corrected chi connectivity index (χ0v) is 20.2. The Balaban J connectivity index is 2.04. The molecule has 1 aliphatic rings. The summed E-state index contributed by atoms with van der Waals surface area (Å²) in [5.74, 6) is -0.231. The monoisotopic (exact) mass is 464 g/mol. The van der Waals surface area contributed by atoms with Gasteiger partial charge in [0.05, 0.1) is 17.7 Å². The van der Waals surface area contributed by atoms with E-state index in [1.165, 1.54) is 4.90 Å². The summed E-state index contributed by atoms with van der Waals surface area (Å²) in [5.41, 5.74) is 1.23. The number of amides is 1. The van der Waals surface area contributed by atoms with Crippen LogP contribution in [0.4, 0.5) is 0 Å². The Kier molecular flexibility index (Phi) is 8.12. The van der Waals surface area contributed by atoms with E-state index in [-0.39, 0.29) is 17.4 Å². The first kappa shape index (κ1) is 25.1. The summed E-state index contributed by atoms with van der Waals surface area (Å²) in [6, 6.07) is 13.3. The van der Waals surface area contributed by atoms with Crippen LogP contribution in [0.15, 0.2) is 66.8 Å². The molecule has 7 heteroatoms. The van der Waals surface area contributed by atoms with E-state index in [4.69, 9.17) is 9.47 Å². The minimum Gasteiger partial charge on any atom is -0.507 e. The van der Waals surface area contributed by atoms with Gasteiger partial charge in [-0.25, -0.2) is 0 Å². The molecule has 1 saturated heterocycles. The SMILES string of the molecule is C=CCOc1ccc(/C(O)=C2\C(=O)C(=O)N(CCN(C)C)[C@@H]2c2ccc(OC(C)C)cc2)cc1. The molecule has 0 aromatic heterocycles. The summed E-state index contributed by atoms with van der Waals surface area (Å²) in [7, 11) is 3.80. The van der Waals surface area contributed by atoms with Crippen LogP contribution in [-0.2, 0) is 9.59 Å². The lowest BCUT2D eigenvalue weighted by Gasteiger charge is -2.26. The first-order chi connectivity index (χ1) is 16.2. The van der Waals surface area contributed by atoms with E-state index in [2.05, 4.69) is 6.58 Å². The zero-order valence-electron chi connectivity index (χ0n) is 20.2. The number of hydrogen-bond donors (Lipinski definition) is 1. The maximum Gasteiger partial charge on any atom is 0.295 e. The van der Waals surface area contributed by atoms with Crippen molar-refractivity contribution in [3.8, 4) is 11.5 Å². The van der Waals surface area contributed by atoms with Gasteiger partial charge in [-0.2, -0.15) is 0 Å². The molecule has 1 fully saturated rings. The number of rotatable bonds is 10. The molecule has 3 rings (SSSR count). The van der Waals surface area contributed by atoms with Gasteiger partial charge >= 0.3 is 0 Å². The van der Waals surface area contributed by atoms with Gasteiger partial charge in [0.2, 0.25) is 0 Å². The van der Waals surface area contributed by atoms with Crippen LogP contribution in [0.2, 0.25) is 0 Å². The second-order valence-electron chi connectivity index (χ2n) is 8.66. The molecule has 34 heavy (non-hydrogen) atoms. The highest BCUT2D eigenvalue weighted by Gasteiger charge is 2.45. The molecule has 1 N–H and O–H groups in total. The van der Waals surface area contributed by atoms with Crippen LogP contribution in [0, 0.1) is 0 Å². The number of ether oxygens (including phenoxy) is 2. The third-order valence-electron chi connectivity index (χ3n) is 5.39. The Morgan fingerprint density at radius 2 is 1.71 bits per heavy atom. The number of nitrogens with zero attached hydrogens (tertiary/aromatic N) is 2. The van der Waals surface area contributed by atoms with Gasteiger partial charge < -0.3 is 24.4 Å². The van der Waals surface area contributed by atoms with Crippen LogP contribution in [0.1, 0.15) is 31.0 Å². The van der Waals surface area contributed by atoms with E-state index in [9.17, 15) is 14.7 Å². The molecule has 0 saturated carbocycles. The number of likely N-dealkylation sites (N-methyl/N-ethyl adjacent to an activating group) is 1. The van der Waals surface area contributed by atoms with E-state index in [1.54, 1.807) is 30.3 Å². The van der Waals surface area contributed by atoms with Crippen LogP contribution in [0.3, 0.4) is 0 Å². The third kappa shape index (κ3) is 5.66. The molecule has 1 aliphatic heterocycles. The standard InChI is InChI=1S/C27H32N2O5/c1-6-17-33-21-11-9-20(10-12-21)25(30)23-24(19-7-13-22(14-8-19)34-18(2)3)29(16-15-28(4)5)27(32)26(23)31/h6-14,18,24,30H,1,15-17H2,2-5H3/b25-23+/t24-/m1/s1. The van der Waals surface area contributed by atoms with Crippen molar-refractivity contribution < 1.29 is 24.2 Å². The lowest BCUT2D eigenvalue weighted by atomic mass is 9.95. The van der Waals surface area contributed by atoms with Crippen LogP contribution in [-0.4, -0.2) is 66.5 Å². The van der Waals surface area contributed by atoms with Gasteiger partial charge in [-0.3, -0.25) is 9.59 Å². The van der Waals surface area contributed by atoms with Gasteiger partial charge in [-0.15, -0.1) is 0 Å². The van der Waals surface area contributed by atoms with E-state index in [0.717, 1.165) is 5.56 Å². The van der Waals surface area contributed by atoms with E-state index in [0.29, 0.717) is 36.8 Å². The highest BCUT2D eigenvalue weighted by Crippen LogP contribution is 2.39. The lowest BCUT2D eigenvalue weighted by Crippen LogP contribution is -2.35. The molecule has 0 aliphatic carbocycles. The average molecular weight is 465 g/mol. The zero-order chi connectivity index (χ0) is 24.8. The Hall–Kier alpha value is -3.58. The predicted octanol–water partition coefficient (Wildman–Crippen LogP) is 4.02. The average Bonchev–Trinajstić information content (AvgIpc) is 3.06. The number of ketones is 1. The smallest absolute Gasteiger partial charge is 0.295 e. The number of likely N-dealkylation sites (tertiary alicyclic amines) is 1. The van der Waals surface area contributed by atoms with Crippen molar-refractivity contribution in [1.82, 2.24) is 9.80 Å². The van der Waals surface area contributed by atoms with Crippen molar-refractivity contribution >= 4 is 17.4 Å². The number of hydrogen-bond acceptors (Lipinski definition) is 6. The van der Waals surface area contributed by atoms with Crippen LogP contribution in [0.25, 0.3) is 5.76 Å². The Labute approximate surface area is 200 Å².